The van der Waals surface area contributed by atoms with Gasteiger partial charge in [-0.2, -0.15) is 0 Å². The third-order valence-corrected chi connectivity index (χ3v) is 3.70. The first-order chi connectivity index (χ1) is 7.66. The van der Waals surface area contributed by atoms with E-state index in [2.05, 4.69) is 21.2 Å². The van der Waals surface area contributed by atoms with Crippen molar-refractivity contribution in [3.05, 3.63) is 27.7 Å². The first-order valence-corrected chi connectivity index (χ1v) is 6.17. The second-order valence-corrected chi connectivity index (χ2v) is 4.94. The zero-order valence-electron chi connectivity index (χ0n) is 8.50. The molecule has 1 aromatic rings. The van der Waals surface area contributed by atoms with E-state index >= 15 is 0 Å². The van der Waals surface area contributed by atoms with Crippen molar-refractivity contribution in [2.75, 3.05) is 18.5 Å². The third-order valence-electron chi connectivity index (χ3n) is 2.49. The number of hydrogen-bond donors (Lipinski definition) is 1. The number of ether oxygens (including phenoxy) is 1. The summed E-state index contributed by atoms with van der Waals surface area (Å²) < 4.78 is 5.94. The molecule has 5 heteroatoms. The normalized spacial score (nSPS) is 19.8. The van der Waals surface area contributed by atoms with E-state index in [4.69, 9.17) is 16.3 Å². The summed E-state index contributed by atoms with van der Waals surface area (Å²) in [7, 11) is 0. The number of carbonyl (C=O) groups excluding carboxylic acids is 1. The summed E-state index contributed by atoms with van der Waals surface area (Å²) in [6.45, 7) is 1.18. The number of rotatable bonds is 2. The lowest BCUT2D eigenvalue weighted by atomic mass is 10.1. The van der Waals surface area contributed by atoms with Crippen LogP contribution in [0.15, 0.2) is 22.7 Å². The second-order valence-electron chi connectivity index (χ2n) is 3.68. The Morgan fingerprint density at radius 3 is 3.00 bits per heavy atom. The molecule has 1 heterocycles. The van der Waals surface area contributed by atoms with Gasteiger partial charge in [0.2, 0.25) is 5.91 Å². The van der Waals surface area contributed by atoms with Crippen molar-refractivity contribution in [1.82, 2.24) is 0 Å². The Bertz CT molecular complexity index is 405. The van der Waals surface area contributed by atoms with Crippen molar-refractivity contribution in [2.24, 2.45) is 5.92 Å². The highest BCUT2D eigenvalue weighted by Gasteiger charge is 2.23. The molecule has 1 atom stereocenters. The fourth-order valence-corrected chi connectivity index (χ4v) is 2.06. The Morgan fingerprint density at radius 2 is 2.38 bits per heavy atom. The molecule has 0 spiro atoms. The van der Waals surface area contributed by atoms with Crippen LogP contribution >= 0.6 is 27.5 Å². The molecule has 3 nitrogen and oxygen atoms in total. The molecule has 0 unspecified atom stereocenters. The fraction of sp³-hybridized carbons (Fsp3) is 0.364. The van der Waals surface area contributed by atoms with Crippen LogP contribution in [0.1, 0.15) is 6.42 Å². The Hall–Kier alpha value is -0.580. The molecule has 0 radical (unpaired) electrons. The number of hydrogen-bond acceptors (Lipinski definition) is 2. The van der Waals surface area contributed by atoms with Crippen LogP contribution in [0.3, 0.4) is 0 Å². The highest BCUT2D eigenvalue weighted by Crippen LogP contribution is 2.26. The molecule has 1 aliphatic rings. The Kier molecular flexibility index (Phi) is 3.84. The van der Waals surface area contributed by atoms with Gasteiger partial charge in [-0.25, -0.2) is 0 Å². The first kappa shape index (κ1) is 11.9. The van der Waals surface area contributed by atoms with Gasteiger partial charge >= 0.3 is 0 Å². The summed E-state index contributed by atoms with van der Waals surface area (Å²) >= 11 is 9.18. The first-order valence-electron chi connectivity index (χ1n) is 5.00. The van der Waals surface area contributed by atoms with Gasteiger partial charge in [-0.3, -0.25) is 4.79 Å². The molecule has 1 aliphatic heterocycles. The summed E-state index contributed by atoms with van der Waals surface area (Å²) in [6.07, 6.45) is 0.792. The lowest BCUT2D eigenvalue weighted by Gasteiger charge is -2.09. The van der Waals surface area contributed by atoms with Gasteiger partial charge in [-0.1, -0.05) is 11.6 Å². The van der Waals surface area contributed by atoms with E-state index in [9.17, 15) is 4.79 Å². The van der Waals surface area contributed by atoms with Crippen LogP contribution in [0.2, 0.25) is 5.02 Å². The van der Waals surface area contributed by atoms with E-state index in [1.54, 1.807) is 18.2 Å². The summed E-state index contributed by atoms with van der Waals surface area (Å²) in [5.41, 5.74) is 0.744. The maximum Gasteiger partial charge on any atom is 0.229 e. The fourth-order valence-electron chi connectivity index (χ4n) is 1.56. The van der Waals surface area contributed by atoms with Gasteiger partial charge < -0.3 is 10.1 Å². The van der Waals surface area contributed by atoms with Crippen LogP contribution in [-0.4, -0.2) is 19.1 Å². The molecule has 1 N–H and O–H groups in total. The number of anilines is 1. The van der Waals surface area contributed by atoms with Crippen molar-refractivity contribution in [2.45, 2.75) is 6.42 Å². The largest absolute Gasteiger partial charge is 0.381 e. The molecule has 0 bridgehead atoms. The van der Waals surface area contributed by atoms with Gasteiger partial charge in [0.15, 0.2) is 0 Å². The number of carbonyl (C=O) groups is 1. The summed E-state index contributed by atoms with van der Waals surface area (Å²) in [5.74, 6) is -0.0267. The SMILES string of the molecule is O=C(Nc1ccc(Cl)c(Br)c1)[C@H]1CCOC1. The predicted molar refractivity (Wildman–Crippen MR) is 66.7 cm³/mol. The highest BCUT2D eigenvalue weighted by atomic mass is 79.9. The summed E-state index contributed by atoms with van der Waals surface area (Å²) in [6, 6.07) is 5.31. The van der Waals surface area contributed by atoms with Crippen LogP contribution in [0.25, 0.3) is 0 Å². The number of amides is 1. The van der Waals surface area contributed by atoms with Gasteiger partial charge in [0, 0.05) is 16.8 Å². The quantitative estimate of drug-likeness (QED) is 0.912. The molecule has 1 aromatic carbocycles. The molecule has 16 heavy (non-hydrogen) atoms. The van der Waals surface area contributed by atoms with Gasteiger partial charge in [0.25, 0.3) is 0 Å². The molecular formula is C11H11BrClNO2. The van der Waals surface area contributed by atoms with E-state index in [-0.39, 0.29) is 11.8 Å². The molecule has 1 amide bonds. The predicted octanol–water partition coefficient (Wildman–Crippen LogP) is 3.08. The molecule has 86 valence electrons. The lowest BCUT2D eigenvalue weighted by Crippen LogP contribution is -2.22. The number of nitrogens with one attached hydrogen (secondary N) is 1. The van der Waals surface area contributed by atoms with E-state index in [1.165, 1.54) is 0 Å². The van der Waals surface area contributed by atoms with E-state index in [0.29, 0.717) is 18.2 Å². The van der Waals surface area contributed by atoms with E-state index < -0.39 is 0 Å². The van der Waals surface area contributed by atoms with Crippen LogP contribution in [0.4, 0.5) is 5.69 Å². The van der Waals surface area contributed by atoms with Gasteiger partial charge in [-0.05, 0) is 40.5 Å². The Morgan fingerprint density at radius 1 is 1.56 bits per heavy atom. The zero-order valence-corrected chi connectivity index (χ0v) is 10.8. The minimum Gasteiger partial charge on any atom is -0.381 e. The third kappa shape index (κ3) is 2.75. The monoisotopic (exact) mass is 303 g/mol. The van der Waals surface area contributed by atoms with Crippen LogP contribution in [0.5, 0.6) is 0 Å². The van der Waals surface area contributed by atoms with E-state index in [0.717, 1.165) is 16.6 Å². The van der Waals surface area contributed by atoms with Gasteiger partial charge in [-0.15, -0.1) is 0 Å². The molecule has 1 saturated heterocycles. The number of halogens is 2. The molecule has 1 fully saturated rings. The standard InChI is InChI=1S/C11H11BrClNO2/c12-9-5-8(1-2-10(9)13)14-11(15)7-3-4-16-6-7/h1-2,5,7H,3-4,6H2,(H,14,15)/t7-/m0/s1. The maximum atomic E-state index is 11.8. The molecule has 0 aromatic heterocycles. The van der Waals surface area contributed by atoms with Crippen LogP contribution in [0, 0.1) is 5.92 Å². The molecule has 0 saturated carbocycles. The second kappa shape index (κ2) is 5.17. The molecule has 0 aliphatic carbocycles. The minimum atomic E-state index is -0.0329. The van der Waals surface area contributed by atoms with Gasteiger partial charge in [0.1, 0.15) is 0 Å². The average Bonchev–Trinajstić information content (AvgIpc) is 2.77. The number of benzene rings is 1. The van der Waals surface area contributed by atoms with Gasteiger partial charge in [0.05, 0.1) is 17.5 Å². The highest BCUT2D eigenvalue weighted by molar-refractivity contribution is 9.10. The minimum absolute atomic E-state index is 0.00622. The molecule has 2 rings (SSSR count). The van der Waals surface area contributed by atoms with Crippen molar-refractivity contribution in [1.29, 1.82) is 0 Å². The lowest BCUT2D eigenvalue weighted by molar-refractivity contribution is -0.119. The topological polar surface area (TPSA) is 38.3 Å². The van der Waals surface area contributed by atoms with Crippen LogP contribution < -0.4 is 5.32 Å². The average molecular weight is 305 g/mol. The Labute approximate surface area is 107 Å². The summed E-state index contributed by atoms with van der Waals surface area (Å²) in [4.78, 5) is 11.8. The van der Waals surface area contributed by atoms with Crippen molar-refractivity contribution < 1.29 is 9.53 Å². The maximum absolute atomic E-state index is 11.8. The van der Waals surface area contributed by atoms with Crippen molar-refractivity contribution in [3.63, 3.8) is 0 Å². The van der Waals surface area contributed by atoms with Crippen LogP contribution in [-0.2, 0) is 9.53 Å². The summed E-state index contributed by atoms with van der Waals surface area (Å²) in [5, 5.41) is 3.47. The van der Waals surface area contributed by atoms with E-state index in [1.807, 2.05) is 0 Å². The Balaban J connectivity index is 2.02. The smallest absolute Gasteiger partial charge is 0.229 e. The van der Waals surface area contributed by atoms with Crippen molar-refractivity contribution in [3.8, 4) is 0 Å². The molecular weight excluding hydrogens is 293 g/mol. The van der Waals surface area contributed by atoms with Crippen molar-refractivity contribution >= 4 is 39.1 Å². The zero-order chi connectivity index (χ0) is 11.5.